The lowest BCUT2D eigenvalue weighted by Crippen LogP contribution is -2.36. The normalized spacial score (nSPS) is 18.7. The van der Waals surface area contributed by atoms with Gasteiger partial charge in [-0.15, -0.1) is 11.3 Å². The first kappa shape index (κ1) is 31.0. The molecule has 3 unspecified atom stereocenters. The number of benzene rings is 7. The Balaban J connectivity index is 0.966. The van der Waals surface area contributed by atoms with E-state index >= 15 is 0 Å². The lowest BCUT2D eigenvalue weighted by molar-refractivity contribution is 0.271. The maximum Gasteiger partial charge on any atom is 0.169 e. The van der Waals surface area contributed by atoms with E-state index in [0.717, 1.165) is 34.1 Å². The predicted octanol–water partition coefficient (Wildman–Crippen LogP) is 11.9. The Bertz CT molecular complexity index is 2890. The zero-order valence-corrected chi connectivity index (χ0v) is 30.0. The number of fused-ring (bicyclic) bond motifs is 7. The van der Waals surface area contributed by atoms with Crippen LogP contribution in [0.5, 0.6) is 5.75 Å². The molecule has 54 heavy (non-hydrogen) atoms. The van der Waals surface area contributed by atoms with E-state index in [1.165, 1.54) is 58.8 Å². The molecule has 0 fully saturated rings. The number of thiophene rings is 1. The minimum absolute atomic E-state index is 0.0482. The Morgan fingerprint density at radius 3 is 2.20 bits per heavy atom. The van der Waals surface area contributed by atoms with Crippen molar-refractivity contribution in [1.29, 1.82) is 0 Å². The molecular formula is C49H33N3OS. The molecule has 0 saturated carbocycles. The molecule has 3 heterocycles. The van der Waals surface area contributed by atoms with Gasteiger partial charge in [0, 0.05) is 36.9 Å². The van der Waals surface area contributed by atoms with E-state index in [-0.39, 0.29) is 12.0 Å². The van der Waals surface area contributed by atoms with E-state index in [4.69, 9.17) is 14.7 Å². The van der Waals surface area contributed by atoms with Crippen LogP contribution in [0.4, 0.5) is 0 Å². The highest BCUT2D eigenvalue weighted by molar-refractivity contribution is 7.25. The molecule has 1 aliphatic carbocycles. The minimum atomic E-state index is -0.405. The van der Waals surface area contributed by atoms with Gasteiger partial charge in [-0.25, -0.2) is 9.98 Å². The molecule has 2 aliphatic heterocycles. The number of allylic oxidation sites excluding steroid dienone is 2. The van der Waals surface area contributed by atoms with Crippen LogP contribution in [0, 0.1) is 0 Å². The molecule has 3 atom stereocenters. The first-order valence-corrected chi connectivity index (χ1v) is 19.2. The van der Waals surface area contributed by atoms with Gasteiger partial charge in [0.1, 0.15) is 23.5 Å². The van der Waals surface area contributed by atoms with Gasteiger partial charge in [-0.05, 0) is 68.9 Å². The highest BCUT2D eigenvalue weighted by Crippen LogP contribution is 2.49. The van der Waals surface area contributed by atoms with Gasteiger partial charge in [0.2, 0.25) is 0 Å². The maximum absolute atomic E-state index is 6.55. The molecule has 256 valence electrons. The van der Waals surface area contributed by atoms with Crippen LogP contribution in [0.3, 0.4) is 0 Å². The summed E-state index contributed by atoms with van der Waals surface area (Å²) in [6.45, 7) is 0. The van der Waals surface area contributed by atoms with E-state index in [0.29, 0.717) is 0 Å². The zero-order valence-electron chi connectivity index (χ0n) is 29.2. The second kappa shape index (κ2) is 12.5. The van der Waals surface area contributed by atoms with Crippen molar-refractivity contribution < 1.29 is 4.74 Å². The summed E-state index contributed by atoms with van der Waals surface area (Å²) in [7, 11) is 0. The van der Waals surface area contributed by atoms with Crippen molar-refractivity contribution >= 4 is 59.5 Å². The average molecular weight is 712 g/mol. The standard InChI is InChI=1S/C49H33N3OS/c1-2-12-32(13-3-1)47-50-48(52-49(51-47)39-19-10-22-44-46(39)38-16-6-7-21-43(38)54-44)33-25-23-31(24-26-33)37-18-9-20-42-45(37)40-29-34(27-28-41(40)53-42)36-17-8-14-30-11-4-5-15-35(30)36/h1-29,42,45,48H,(H,50,51,52). The summed E-state index contributed by atoms with van der Waals surface area (Å²) in [5.41, 5.74) is 9.25. The largest absolute Gasteiger partial charge is 0.485 e. The first-order chi connectivity index (χ1) is 26.7. The fourth-order valence-electron chi connectivity index (χ4n) is 8.38. The third-order valence-electron chi connectivity index (χ3n) is 10.9. The Morgan fingerprint density at radius 1 is 0.574 bits per heavy atom. The predicted molar refractivity (Wildman–Crippen MR) is 225 cm³/mol. The topological polar surface area (TPSA) is 46.0 Å². The van der Waals surface area contributed by atoms with Gasteiger partial charge in [-0.3, -0.25) is 0 Å². The lowest BCUT2D eigenvalue weighted by Gasteiger charge is -2.24. The third-order valence-corrected chi connectivity index (χ3v) is 12.1. The van der Waals surface area contributed by atoms with Gasteiger partial charge >= 0.3 is 0 Å². The van der Waals surface area contributed by atoms with Crippen LogP contribution in [0.25, 0.3) is 47.6 Å². The first-order valence-electron chi connectivity index (χ1n) is 18.4. The van der Waals surface area contributed by atoms with E-state index in [2.05, 4.69) is 175 Å². The quantitative estimate of drug-likeness (QED) is 0.193. The number of rotatable bonds is 5. The molecule has 0 amide bonds. The number of hydrogen-bond donors (Lipinski definition) is 1. The molecular weight excluding hydrogens is 679 g/mol. The summed E-state index contributed by atoms with van der Waals surface area (Å²) >= 11 is 1.82. The van der Waals surface area contributed by atoms with Crippen LogP contribution >= 0.6 is 11.3 Å². The summed E-state index contributed by atoms with van der Waals surface area (Å²) in [6.07, 6.45) is 6.11. The van der Waals surface area contributed by atoms with Crippen molar-refractivity contribution in [2.75, 3.05) is 0 Å². The van der Waals surface area contributed by atoms with Gasteiger partial charge in [-0.1, -0.05) is 146 Å². The third kappa shape index (κ3) is 5.12. The Kier molecular flexibility index (Phi) is 7.20. The molecule has 7 aromatic carbocycles. The summed E-state index contributed by atoms with van der Waals surface area (Å²) in [4.78, 5) is 10.5. The molecule has 0 radical (unpaired) electrons. The molecule has 8 aromatic rings. The number of amidine groups is 2. The average Bonchev–Trinajstić information content (AvgIpc) is 3.82. The van der Waals surface area contributed by atoms with Crippen LogP contribution in [0.1, 0.15) is 39.9 Å². The molecule has 1 N–H and O–H groups in total. The van der Waals surface area contributed by atoms with Gasteiger partial charge in [0.05, 0.1) is 5.92 Å². The minimum Gasteiger partial charge on any atom is -0.485 e. The number of nitrogens with zero attached hydrogens (tertiary/aromatic N) is 2. The zero-order chi connectivity index (χ0) is 35.6. The van der Waals surface area contributed by atoms with Crippen molar-refractivity contribution in [3.05, 3.63) is 204 Å². The molecule has 0 bridgehead atoms. The van der Waals surface area contributed by atoms with Crippen LogP contribution in [-0.4, -0.2) is 17.8 Å². The smallest absolute Gasteiger partial charge is 0.169 e. The van der Waals surface area contributed by atoms with Crippen LogP contribution < -0.4 is 10.1 Å². The van der Waals surface area contributed by atoms with Crippen LogP contribution in [0.2, 0.25) is 0 Å². The van der Waals surface area contributed by atoms with E-state index in [9.17, 15) is 0 Å². The molecule has 1 aromatic heterocycles. The molecule has 5 heteroatoms. The van der Waals surface area contributed by atoms with Gasteiger partial charge in [0.25, 0.3) is 0 Å². The highest BCUT2D eigenvalue weighted by Gasteiger charge is 2.37. The summed E-state index contributed by atoms with van der Waals surface area (Å²) in [6, 6.07) is 56.1. The van der Waals surface area contributed by atoms with Gasteiger partial charge in [-0.2, -0.15) is 0 Å². The summed E-state index contributed by atoms with van der Waals surface area (Å²) in [5, 5.41) is 8.60. The SMILES string of the molecule is C1=CC2Oc3ccc(-c4cccc5ccccc45)cc3C2C(c2ccc(C3N=C(c4ccccc4)NC(c4cccc5sc6ccccc6c45)=N3)cc2)=C1. The Hall–Kier alpha value is -6.56. The van der Waals surface area contributed by atoms with Crippen molar-refractivity contribution in [2.24, 2.45) is 9.98 Å². The summed E-state index contributed by atoms with van der Waals surface area (Å²) < 4.78 is 9.07. The van der Waals surface area contributed by atoms with Crippen LogP contribution in [0.15, 0.2) is 186 Å². The number of nitrogens with one attached hydrogen (secondary N) is 1. The number of aliphatic imine (C=N–C) groups is 2. The van der Waals surface area contributed by atoms with E-state index in [1.54, 1.807) is 0 Å². The monoisotopic (exact) mass is 711 g/mol. The Morgan fingerprint density at radius 2 is 1.30 bits per heavy atom. The second-order valence-corrected chi connectivity index (χ2v) is 15.1. The lowest BCUT2D eigenvalue weighted by atomic mass is 9.80. The van der Waals surface area contributed by atoms with Crippen molar-refractivity contribution in [1.82, 2.24) is 5.32 Å². The van der Waals surface area contributed by atoms with Crippen LogP contribution in [-0.2, 0) is 0 Å². The second-order valence-electron chi connectivity index (χ2n) is 14.1. The molecule has 4 nitrogen and oxygen atoms in total. The molecule has 0 spiro atoms. The summed E-state index contributed by atoms with van der Waals surface area (Å²) in [5.74, 6) is 2.70. The molecule has 3 aliphatic rings. The number of ether oxygens (including phenoxy) is 1. The number of hydrogen-bond acceptors (Lipinski definition) is 5. The fourth-order valence-corrected chi connectivity index (χ4v) is 9.51. The maximum atomic E-state index is 6.55. The van der Waals surface area contributed by atoms with Gasteiger partial charge in [0.15, 0.2) is 6.17 Å². The highest BCUT2D eigenvalue weighted by atomic mass is 32.1. The Labute approximate surface area is 317 Å². The van der Waals surface area contributed by atoms with Crippen molar-refractivity contribution in [3.63, 3.8) is 0 Å². The fraction of sp³-hybridized carbons (Fsp3) is 0.0612. The molecule has 0 saturated heterocycles. The van der Waals surface area contributed by atoms with Gasteiger partial charge < -0.3 is 10.1 Å². The van der Waals surface area contributed by atoms with Crippen molar-refractivity contribution in [3.8, 4) is 16.9 Å². The van der Waals surface area contributed by atoms with Crippen molar-refractivity contribution in [2.45, 2.75) is 18.2 Å². The van der Waals surface area contributed by atoms with E-state index in [1.807, 2.05) is 17.4 Å². The molecule has 11 rings (SSSR count). The van der Waals surface area contributed by atoms with E-state index < -0.39 is 6.17 Å².